The molecule has 1 aromatic carbocycles. The molecule has 0 bridgehead atoms. The third kappa shape index (κ3) is 2.77. The van der Waals surface area contributed by atoms with Gasteiger partial charge >= 0.3 is 6.01 Å². The van der Waals surface area contributed by atoms with Crippen LogP contribution in [0.4, 0.5) is 6.01 Å². The van der Waals surface area contributed by atoms with Gasteiger partial charge in [0.1, 0.15) is 5.88 Å². The Bertz CT molecular complexity index is 498. The summed E-state index contributed by atoms with van der Waals surface area (Å²) >= 11 is 5.62. The lowest BCUT2D eigenvalue weighted by Gasteiger charge is -2.15. The number of aromatic nitrogens is 2. The van der Waals surface area contributed by atoms with Crippen LogP contribution in [0.1, 0.15) is 17.0 Å². The lowest BCUT2D eigenvalue weighted by Crippen LogP contribution is -2.17. The number of anilines is 1. The molecule has 2 aromatic rings. The maximum atomic E-state index is 5.62. The Morgan fingerprint density at radius 2 is 2.06 bits per heavy atom. The van der Waals surface area contributed by atoms with Crippen LogP contribution in [0.5, 0.6) is 0 Å². The first-order valence-electron chi connectivity index (χ1n) is 5.34. The number of benzene rings is 1. The molecule has 0 aliphatic heterocycles. The van der Waals surface area contributed by atoms with Gasteiger partial charge in [-0.15, -0.1) is 16.7 Å². The highest BCUT2D eigenvalue weighted by Crippen LogP contribution is 2.16. The van der Waals surface area contributed by atoms with Crippen LogP contribution < -0.4 is 4.90 Å². The van der Waals surface area contributed by atoms with E-state index >= 15 is 0 Å². The number of halogens is 1. The summed E-state index contributed by atoms with van der Waals surface area (Å²) in [5.74, 6) is 0.684. The predicted octanol–water partition coefficient (Wildman–Crippen LogP) is 2.75. The molecule has 0 amide bonds. The molecule has 2 rings (SSSR count). The molecule has 0 saturated carbocycles. The monoisotopic (exact) mass is 251 g/mol. The van der Waals surface area contributed by atoms with Gasteiger partial charge in [-0.05, 0) is 18.1 Å². The van der Waals surface area contributed by atoms with Gasteiger partial charge in [0.05, 0.1) is 0 Å². The molecule has 17 heavy (non-hydrogen) atoms. The average molecular weight is 252 g/mol. The molecule has 0 radical (unpaired) electrons. The van der Waals surface area contributed by atoms with Gasteiger partial charge in [0.2, 0.25) is 5.89 Å². The molecule has 90 valence electrons. The van der Waals surface area contributed by atoms with E-state index in [4.69, 9.17) is 16.0 Å². The lowest BCUT2D eigenvalue weighted by molar-refractivity contribution is 0.506. The van der Waals surface area contributed by atoms with Crippen molar-refractivity contribution < 1.29 is 4.42 Å². The van der Waals surface area contributed by atoms with Gasteiger partial charge in [0, 0.05) is 13.6 Å². The average Bonchev–Trinajstić information content (AvgIpc) is 2.81. The Kier molecular flexibility index (Phi) is 3.64. The van der Waals surface area contributed by atoms with E-state index in [2.05, 4.69) is 29.3 Å². The SMILES string of the molecule is Cc1ccccc1CN(C)c1nnc(CCl)o1. The van der Waals surface area contributed by atoms with Gasteiger partial charge in [-0.1, -0.05) is 29.4 Å². The Labute approximate surface area is 105 Å². The maximum Gasteiger partial charge on any atom is 0.318 e. The molecular weight excluding hydrogens is 238 g/mol. The molecular formula is C12H14ClN3O. The van der Waals surface area contributed by atoms with E-state index in [1.165, 1.54) is 11.1 Å². The van der Waals surface area contributed by atoms with Crippen LogP contribution in [0.3, 0.4) is 0 Å². The van der Waals surface area contributed by atoms with Crippen molar-refractivity contribution in [2.24, 2.45) is 0 Å². The normalized spacial score (nSPS) is 10.5. The summed E-state index contributed by atoms with van der Waals surface area (Å²) in [6.07, 6.45) is 0. The minimum atomic E-state index is 0.241. The minimum absolute atomic E-state index is 0.241. The van der Waals surface area contributed by atoms with E-state index in [0.717, 1.165) is 6.54 Å². The second-order valence-corrected chi connectivity index (χ2v) is 4.16. The third-order valence-corrected chi connectivity index (χ3v) is 2.79. The molecule has 0 unspecified atom stereocenters. The first-order chi connectivity index (χ1) is 8.20. The number of hydrogen-bond acceptors (Lipinski definition) is 4. The molecule has 1 aromatic heterocycles. The summed E-state index contributed by atoms with van der Waals surface area (Å²) in [4.78, 5) is 1.91. The van der Waals surface area contributed by atoms with Crippen LogP contribution in [0.2, 0.25) is 0 Å². The molecule has 4 nitrogen and oxygen atoms in total. The Balaban J connectivity index is 2.11. The molecule has 0 spiro atoms. The summed E-state index contributed by atoms with van der Waals surface area (Å²) in [6, 6.07) is 8.71. The minimum Gasteiger partial charge on any atom is -0.407 e. The molecule has 0 atom stereocenters. The number of nitrogens with zero attached hydrogens (tertiary/aromatic N) is 3. The summed E-state index contributed by atoms with van der Waals surface area (Å²) in [7, 11) is 1.91. The van der Waals surface area contributed by atoms with Crippen molar-refractivity contribution in [1.82, 2.24) is 10.2 Å². The molecule has 0 N–H and O–H groups in total. The third-order valence-electron chi connectivity index (χ3n) is 2.57. The fourth-order valence-electron chi connectivity index (χ4n) is 1.56. The Morgan fingerprint density at radius 3 is 2.71 bits per heavy atom. The quantitative estimate of drug-likeness (QED) is 0.784. The van der Waals surface area contributed by atoms with Crippen LogP contribution in [-0.4, -0.2) is 17.2 Å². The predicted molar refractivity (Wildman–Crippen MR) is 67.1 cm³/mol. The van der Waals surface area contributed by atoms with E-state index in [9.17, 15) is 0 Å². The second kappa shape index (κ2) is 5.19. The van der Waals surface area contributed by atoms with Crippen molar-refractivity contribution in [2.75, 3.05) is 11.9 Å². The lowest BCUT2D eigenvalue weighted by atomic mass is 10.1. The Hall–Kier alpha value is -1.55. The van der Waals surface area contributed by atoms with Gasteiger partial charge in [-0.25, -0.2) is 0 Å². The molecule has 0 aliphatic carbocycles. The highest BCUT2D eigenvalue weighted by molar-refractivity contribution is 6.16. The van der Waals surface area contributed by atoms with Gasteiger partial charge in [-0.2, -0.15) is 0 Å². The number of hydrogen-bond donors (Lipinski definition) is 0. The maximum absolute atomic E-state index is 5.62. The van der Waals surface area contributed by atoms with Crippen LogP contribution >= 0.6 is 11.6 Å². The van der Waals surface area contributed by atoms with Crippen molar-refractivity contribution in [2.45, 2.75) is 19.3 Å². The zero-order valence-corrected chi connectivity index (χ0v) is 10.6. The van der Waals surface area contributed by atoms with E-state index in [-0.39, 0.29) is 5.88 Å². The van der Waals surface area contributed by atoms with Crippen LogP contribution in [0.25, 0.3) is 0 Å². The van der Waals surface area contributed by atoms with Crippen molar-refractivity contribution in [3.63, 3.8) is 0 Å². The molecule has 0 aliphatic rings. The number of alkyl halides is 1. The van der Waals surface area contributed by atoms with Crippen molar-refractivity contribution >= 4 is 17.6 Å². The standard InChI is InChI=1S/C12H14ClN3O/c1-9-5-3-4-6-10(9)8-16(2)12-15-14-11(7-13)17-12/h3-6H,7-8H2,1-2H3. The summed E-state index contributed by atoms with van der Waals surface area (Å²) in [5, 5.41) is 7.77. The second-order valence-electron chi connectivity index (χ2n) is 3.89. The van der Waals surface area contributed by atoms with Crippen LogP contribution in [0, 0.1) is 6.92 Å². The molecule has 0 fully saturated rings. The Morgan fingerprint density at radius 1 is 1.29 bits per heavy atom. The fraction of sp³-hybridized carbons (Fsp3) is 0.333. The van der Waals surface area contributed by atoms with Gasteiger partial charge in [0.15, 0.2) is 0 Å². The first kappa shape index (κ1) is 11.9. The zero-order valence-electron chi connectivity index (χ0n) is 9.85. The van der Waals surface area contributed by atoms with Crippen LogP contribution in [-0.2, 0) is 12.4 Å². The topological polar surface area (TPSA) is 42.2 Å². The molecule has 1 heterocycles. The number of aryl methyl sites for hydroxylation is 1. The largest absolute Gasteiger partial charge is 0.407 e. The van der Waals surface area contributed by atoms with E-state index < -0.39 is 0 Å². The smallest absolute Gasteiger partial charge is 0.318 e. The van der Waals surface area contributed by atoms with Gasteiger partial charge in [0.25, 0.3) is 0 Å². The summed E-state index contributed by atoms with van der Waals surface area (Å²) in [5.41, 5.74) is 2.48. The summed E-state index contributed by atoms with van der Waals surface area (Å²) in [6.45, 7) is 2.82. The molecule has 0 saturated heterocycles. The molecule has 5 heteroatoms. The van der Waals surface area contributed by atoms with Crippen molar-refractivity contribution in [1.29, 1.82) is 0 Å². The van der Waals surface area contributed by atoms with E-state index in [0.29, 0.717) is 11.9 Å². The summed E-state index contributed by atoms with van der Waals surface area (Å²) < 4.78 is 5.38. The fourth-order valence-corrected chi connectivity index (χ4v) is 1.67. The van der Waals surface area contributed by atoms with E-state index in [1.54, 1.807) is 0 Å². The highest BCUT2D eigenvalue weighted by Gasteiger charge is 2.11. The van der Waals surface area contributed by atoms with Crippen molar-refractivity contribution in [3.8, 4) is 0 Å². The van der Waals surface area contributed by atoms with Crippen LogP contribution in [0.15, 0.2) is 28.7 Å². The highest BCUT2D eigenvalue weighted by atomic mass is 35.5. The van der Waals surface area contributed by atoms with Gasteiger partial charge in [-0.3, -0.25) is 0 Å². The zero-order chi connectivity index (χ0) is 12.3. The number of rotatable bonds is 4. The van der Waals surface area contributed by atoms with Crippen molar-refractivity contribution in [3.05, 3.63) is 41.3 Å². The van der Waals surface area contributed by atoms with E-state index in [1.807, 2.05) is 24.1 Å². The van der Waals surface area contributed by atoms with Gasteiger partial charge < -0.3 is 9.32 Å². The first-order valence-corrected chi connectivity index (χ1v) is 5.88.